The van der Waals surface area contributed by atoms with Gasteiger partial charge < -0.3 is 15.6 Å². The second-order valence-electron chi connectivity index (χ2n) is 6.88. The Bertz CT molecular complexity index is 1240. The van der Waals surface area contributed by atoms with Crippen LogP contribution in [0.15, 0.2) is 42.7 Å². The van der Waals surface area contributed by atoms with Crippen molar-refractivity contribution in [2.75, 3.05) is 0 Å². The second kappa shape index (κ2) is 6.09. The molecule has 0 unspecified atom stereocenters. The van der Waals surface area contributed by atoms with Crippen molar-refractivity contribution in [2.45, 2.75) is 19.9 Å². The van der Waals surface area contributed by atoms with E-state index in [9.17, 15) is 9.59 Å². The number of hydrogen-bond acceptors (Lipinski definition) is 3. The summed E-state index contributed by atoms with van der Waals surface area (Å²) in [5.74, 6) is -0.886. The van der Waals surface area contributed by atoms with Crippen LogP contribution in [0.4, 0.5) is 0 Å². The minimum atomic E-state index is -0.724. The Hall–Kier alpha value is -3.41. The average Bonchev–Trinajstić information content (AvgIpc) is 2.94. The fourth-order valence-electron chi connectivity index (χ4n) is 3.71. The zero-order valence-corrected chi connectivity index (χ0v) is 15.4. The molecule has 4 rings (SSSR count). The van der Waals surface area contributed by atoms with Crippen molar-refractivity contribution in [2.24, 2.45) is 12.8 Å². The van der Waals surface area contributed by atoms with E-state index >= 15 is 0 Å². The van der Waals surface area contributed by atoms with E-state index < -0.39 is 11.9 Å². The first-order valence-electron chi connectivity index (χ1n) is 8.74. The van der Waals surface area contributed by atoms with Crippen LogP contribution in [-0.2, 0) is 11.8 Å². The Labute approximate surface area is 156 Å². The molecule has 0 saturated carbocycles. The molecule has 27 heavy (non-hydrogen) atoms. The van der Waals surface area contributed by atoms with Gasteiger partial charge in [-0.05, 0) is 55.1 Å². The highest BCUT2D eigenvalue weighted by atomic mass is 16.2. The topological polar surface area (TPSA) is 90.0 Å². The van der Waals surface area contributed by atoms with Gasteiger partial charge in [0, 0.05) is 46.7 Å². The Morgan fingerprint density at radius 2 is 1.93 bits per heavy atom. The number of rotatable bonds is 3. The SMILES string of the molecule is Cc1c2ccncc2cc2c3cc(C(=O)N[C@H](C)C(N)=O)ccc3n(C)c12. The van der Waals surface area contributed by atoms with Crippen LogP contribution < -0.4 is 11.1 Å². The highest BCUT2D eigenvalue weighted by molar-refractivity contribution is 6.15. The monoisotopic (exact) mass is 360 g/mol. The van der Waals surface area contributed by atoms with Crippen molar-refractivity contribution in [1.82, 2.24) is 14.9 Å². The molecule has 2 amide bonds. The van der Waals surface area contributed by atoms with Crippen LogP contribution >= 0.6 is 0 Å². The third-order valence-electron chi connectivity index (χ3n) is 5.19. The normalized spacial score (nSPS) is 12.6. The van der Waals surface area contributed by atoms with Crippen molar-refractivity contribution in [3.8, 4) is 0 Å². The van der Waals surface area contributed by atoms with E-state index in [1.807, 2.05) is 31.4 Å². The number of aryl methyl sites for hydroxylation is 2. The summed E-state index contributed by atoms with van der Waals surface area (Å²) >= 11 is 0. The molecular weight excluding hydrogens is 340 g/mol. The predicted octanol–water partition coefficient (Wildman–Crippen LogP) is 2.79. The van der Waals surface area contributed by atoms with Gasteiger partial charge in [0.15, 0.2) is 0 Å². The summed E-state index contributed by atoms with van der Waals surface area (Å²) in [6.45, 7) is 3.67. The fourth-order valence-corrected chi connectivity index (χ4v) is 3.71. The maximum atomic E-state index is 12.5. The minimum Gasteiger partial charge on any atom is -0.368 e. The van der Waals surface area contributed by atoms with Crippen LogP contribution in [0.25, 0.3) is 32.6 Å². The maximum absolute atomic E-state index is 12.5. The number of nitrogens with zero attached hydrogens (tertiary/aromatic N) is 2. The lowest BCUT2D eigenvalue weighted by Gasteiger charge is -2.10. The Kier molecular flexibility index (Phi) is 3.84. The number of nitrogens with one attached hydrogen (secondary N) is 1. The van der Waals surface area contributed by atoms with Gasteiger partial charge >= 0.3 is 0 Å². The fraction of sp³-hybridized carbons (Fsp3) is 0.190. The van der Waals surface area contributed by atoms with E-state index in [1.54, 1.807) is 19.2 Å². The molecule has 1 atom stereocenters. The molecule has 2 aromatic carbocycles. The average molecular weight is 360 g/mol. The number of carbonyl (C=O) groups is 2. The first kappa shape index (κ1) is 17.0. The molecule has 0 radical (unpaired) electrons. The summed E-state index contributed by atoms with van der Waals surface area (Å²) in [5, 5.41) is 6.91. The van der Waals surface area contributed by atoms with E-state index in [0.29, 0.717) is 5.56 Å². The third kappa shape index (κ3) is 2.61. The van der Waals surface area contributed by atoms with Crippen molar-refractivity contribution < 1.29 is 9.59 Å². The van der Waals surface area contributed by atoms with Gasteiger partial charge in [-0.25, -0.2) is 0 Å². The molecule has 0 bridgehead atoms. The van der Waals surface area contributed by atoms with Crippen LogP contribution in [0.2, 0.25) is 0 Å². The van der Waals surface area contributed by atoms with Crippen molar-refractivity contribution in [3.05, 3.63) is 53.9 Å². The molecule has 0 saturated heterocycles. The molecular formula is C21H20N4O2. The zero-order valence-electron chi connectivity index (χ0n) is 15.4. The van der Waals surface area contributed by atoms with Crippen LogP contribution in [-0.4, -0.2) is 27.4 Å². The maximum Gasteiger partial charge on any atom is 0.251 e. The number of primary amides is 1. The largest absolute Gasteiger partial charge is 0.368 e. The van der Waals surface area contributed by atoms with Gasteiger partial charge in [-0.1, -0.05) is 0 Å². The summed E-state index contributed by atoms with van der Waals surface area (Å²) in [4.78, 5) is 27.9. The van der Waals surface area contributed by atoms with E-state index in [-0.39, 0.29) is 5.91 Å². The number of fused-ring (bicyclic) bond motifs is 4. The van der Waals surface area contributed by atoms with Crippen molar-refractivity contribution in [1.29, 1.82) is 0 Å². The van der Waals surface area contributed by atoms with Crippen molar-refractivity contribution in [3.63, 3.8) is 0 Å². The quantitative estimate of drug-likeness (QED) is 0.589. The van der Waals surface area contributed by atoms with E-state index in [0.717, 1.165) is 32.6 Å². The standard InChI is InChI=1S/C21H20N4O2/c1-11-15-6-7-23-10-14(15)9-17-16-8-13(21(27)24-12(2)20(22)26)4-5-18(16)25(3)19(11)17/h4-10,12H,1-3H3,(H2,22,26)(H,24,27)/t12-/m1/s1. The number of aromatic nitrogens is 2. The molecule has 0 aliphatic heterocycles. The molecule has 3 N–H and O–H groups in total. The predicted molar refractivity (Wildman–Crippen MR) is 107 cm³/mol. The number of carbonyl (C=O) groups excluding carboxylic acids is 2. The smallest absolute Gasteiger partial charge is 0.251 e. The lowest BCUT2D eigenvalue weighted by atomic mass is 10.0. The van der Waals surface area contributed by atoms with Gasteiger partial charge in [-0.2, -0.15) is 0 Å². The van der Waals surface area contributed by atoms with Crippen LogP contribution in [0.1, 0.15) is 22.8 Å². The molecule has 136 valence electrons. The van der Waals surface area contributed by atoms with Gasteiger partial charge in [0.05, 0.1) is 5.52 Å². The van der Waals surface area contributed by atoms with Gasteiger partial charge in [-0.3, -0.25) is 14.6 Å². The Balaban J connectivity index is 1.94. The molecule has 0 spiro atoms. The van der Waals surface area contributed by atoms with Crippen LogP contribution in [0.3, 0.4) is 0 Å². The number of pyridine rings is 1. The first-order valence-corrected chi connectivity index (χ1v) is 8.74. The lowest BCUT2D eigenvalue weighted by Crippen LogP contribution is -2.42. The first-order chi connectivity index (χ1) is 12.9. The Morgan fingerprint density at radius 3 is 2.67 bits per heavy atom. The Morgan fingerprint density at radius 1 is 1.15 bits per heavy atom. The molecule has 2 aromatic heterocycles. The number of amides is 2. The highest BCUT2D eigenvalue weighted by Gasteiger charge is 2.17. The van der Waals surface area contributed by atoms with E-state index in [2.05, 4.69) is 27.9 Å². The lowest BCUT2D eigenvalue weighted by molar-refractivity contribution is -0.119. The summed E-state index contributed by atoms with van der Waals surface area (Å²) in [7, 11) is 2.03. The molecule has 0 fully saturated rings. The summed E-state index contributed by atoms with van der Waals surface area (Å²) in [6, 6.07) is 8.97. The van der Waals surface area contributed by atoms with Crippen LogP contribution in [0.5, 0.6) is 0 Å². The number of hydrogen-bond donors (Lipinski definition) is 2. The molecule has 6 nitrogen and oxygen atoms in total. The second-order valence-corrected chi connectivity index (χ2v) is 6.88. The zero-order chi connectivity index (χ0) is 19.3. The number of benzene rings is 2. The van der Waals surface area contributed by atoms with E-state index in [4.69, 9.17) is 5.73 Å². The van der Waals surface area contributed by atoms with Gasteiger partial charge in [0.2, 0.25) is 5.91 Å². The van der Waals surface area contributed by atoms with Gasteiger partial charge in [-0.15, -0.1) is 0 Å². The van der Waals surface area contributed by atoms with Crippen molar-refractivity contribution >= 4 is 44.4 Å². The summed E-state index contributed by atoms with van der Waals surface area (Å²) < 4.78 is 2.15. The molecule has 0 aliphatic rings. The molecule has 0 aliphatic carbocycles. The van der Waals surface area contributed by atoms with E-state index in [1.165, 1.54) is 5.56 Å². The van der Waals surface area contributed by atoms with Crippen LogP contribution in [0, 0.1) is 6.92 Å². The van der Waals surface area contributed by atoms with Gasteiger partial charge in [0.1, 0.15) is 6.04 Å². The molecule has 2 heterocycles. The summed E-state index contributed by atoms with van der Waals surface area (Å²) in [5.41, 5.74) is 9.08. The molecule has 6 heteroatoms. The molecule has 4 aromatic rings. The minimum absolute atomic E-state index is 0.320. The third-order valence-corrected chi connectivity index (χ3v) is 5.19. The van der Waals surface area contributed by atoms with Gasteiger partial charge in [0.25, 0.3) is 5.91 Å². The summed E-state index contributed by atoms with van der Waals surface area (Å²) in [6.07, 6.45) is 3.65. The highest BCUT2D eigenvalue weighted by Crippen LogP contribution is 2.35. The number of nitrogens with two attached hydrogens (primary N) is 1.